The lowest BCUT2D eigenvalue weighted by Crippen LogP contribution is -2.83. The van der Waals surface area contributed by atoms with E-state index in [1.165, 1.54) is 19.1 Å². The molecule has 2 saturated heterocycles. The van der Waals surface area contributed by atoms with Crippen molar-refractivity contribution in [2.24, 2.45) is 16.7 Å². The minimum Gasteiger partial charge on any atom is -0.456 e. The van der Waals surface area contributed by atoms with Crippen molar-refractivity contribution in [1.29, 1.82) is 0 Å². The molecule has 3 aliphatic carbocycles. The maximum absolute atomic E-state index is 15.3. The van der Waals surface area contributed by atoms with Gasteiger partial charge in [0.1, 0.15) is 29.5 Å². The summed E-state index contributed by atoms with van der Waals surface area (Å²) in [5, 5.41) is 29.4. The van der Waals surface area contributed by atoms with Crippen molar-refractivity contribution in [3.8, 4) is 0 Å². The fraction of sp³-hybridized carbons (Fsp3) is 0.510. The van der Waals surface area contributed by atoms with Crippen LogP contribution in [0.2, 0.25) is 19.6 Å². The summed E-state index contributed by atoms with van der Waals surface area (Å²) in [5.74, 6) is -6.62. The Labute approximate surface area is 403 Å². The van der Waals surface area contributed by atoms with Gasteiger partial charge in [-0.3, -0.25) is 14.4 Å². The quantitative estimate of drug-likeness (QED) is 0.0918. The number of esters is 4. The zero-order valence-electron chi connectivity index (χ0n) is 40.2. The van der Waals surface area contributed by atoms with Crippen molar-refractivity contribution >= 4 is 47.9 Å². The molecular formula is C51H61NO15SSi. The van der Waals surface area contributed by atoms with Gasteiger partial charge in [0.05, 0.1) is 35.1 Å². The molecule has 12 atom stereocenters. The molecule has 3 aromatic carbocycles. The highest BCUT2D eigenvalue weighted by Crippen LogP contribution is 2.71. The number of nitrogens with one attached hydrogen (secondary N) is 1. The van der Waals surface area contributed by atoms with Gasteiger partial charge in [-0.15, -0.1) is 0 Å². The van der Waals surface area contributed by atoms with E-state index in [0.29, 0.717) is 11.1 Å². The molecule has 18 heteroatoms. The van der Waals surface area contributed by atoms with Crippen molar-refractivity contribution in [2.75, 3.05) is 12.4 Å². The van der Waals surface area contributed by atoms with Crippen LogP contribution < -0.4 is 5.32 Å². The third-order valence-electron chi connectivity index (χ3n) is 15.4. The molecule has 3 N–H and O–H groups in total. The van der Waals surface area contributed by atoms with E-state index in [9.17, 15) is 37.8 Å². The number of hydrogen-bond acceptors (Lipinski definition) is 15. The van der Waals surface area contributed by atoms with Gasteiger partial charge in [0.2, 0.25) is 0 Å². The van der Waals surface area contributed by atoms with Gasteiger partial charge in [-0.05, 0) is 74.0 Å². The Morgan fingerprint density at radius 3 is 1.91 bits per heavy atom. The van der Waals surface area contributed by atoms with E-state index >= 15 is 4.79 Å². The molecule has 0 aromatic heterocycles. The Kier molecular flexibility index (Phi) is 12.8. The number of amides is 1. The molecule has 2 heterocycles. The summed E-state index contributed by atoms with van der Waals surface area (Å²) in [6.07, 6.45) is -8.53. The second kappa shape index (κ2) is 17.6. The summed E-state index contributed by atoms with van der Waals surface area (Å²) in [6, 6.07) is 23.9. The number of carbonyl (C=O) groups is 5. The molecule has 370 valence electrons. The molecule has 0 radical (unpaired) electrons. The largest absolute Gasteiger partial charge is 0.456 e. The Hall–Kier alpha value is -5.24. The van der Waals surface area contributed by atoms with Crippen LogP contribution in [0.4, 0.5) is 0 Å². The highest BCUT2D eigenvalue weighted by molar-refractivity contribution is 7.92. The molecule has 1 amide bonds. The highest BCUT2D eigenvalue weighted by Gasteiger charge is 2.85. The van der Waals surface area contributed by atoms with Crippen molar-refractivity contribution < 1.29 is 70.7 Å². The van der Waals surface area contributed by atoms with Gasteiger partial charge in [-0.25, -0.2) is 18.0 Å². The lowest BCUT2D eigenvalue weighted by Gasteiger charge is -2.69. The van der Waals surface area contributed by atoms with E-state index in [1.54, 1.807) is 99.6 Å². The molecule has 2 bridgehead atoms. The van der Waals surface area contributed by atoms with Crippen molar-refractivity contribution in [2.45, 2.75) is 133 Å². The molecule has 5 aliphatic rings. The van der Waals surface area contributed by atoms with Crippen LogP contribution in [0.3, 0.4) is 0 Å². The van der Waals surface area contributed by atoms with E-state index in [0.717, 1.165) is 13.8 Å². The van der Waals surface area contributed by atoms with Crippen LogP contribution in [0.25, 0.3) is 0 Å². The normalized spacial score (nSPS) is 33.6. The molecule has 3 aromatic rings. The van der Waals surface area contributed by atoms with Crippen LogP contribution in [0.1, 0.15) is 86.7 Å². The van der Waals surface area contributed by atoms with Gasteiger partial charge in [-0.2, -0.15) is 0 Å². The molecule has 11 unspecified atom stereocenters. The fourth-order valence-electron chi connectivity index (χ4n) is 12.2. The average Bonchev–Trinajstić information content (AvgIpc) is 3.43. The van der Waals surface area contributed by atoms with Crippen molar-refractivity contribution in [3.63, 3.8) is 0 Å². The number of hydrogen-bond donors (Lipinski definition) is 3. The molecule has 4 fully saturated rings. The summed E-state index contributed by atoms with van der Waals surface area (Å²) < 4.78 is 67.7. The molecule has 0 spiro atoms. The van der Waals surface area contributed by atoms with Crippen LogP contribution in [0.15, 0.2) is 102 Å². The van der Waals surface area contributed by atoms with E-state index in [-0.39, 0.29) is 29.7 Å². The number of ether oxygens (including phenoxy) is 5. The third kappa shape index (κ3) is 8.23. The van der Waals surface area contributed by atoms with Crippen molar-refractivity contribution in [1.82, 2.24) is 5.32 Å². The Balaban J connectivity index is 1.35. The van der Waals surface area contributed by atoms with Gasteiger partial charge < -0.3 is 43.6 Å². The zero-order chi connectivity index (χ0) is 50.3. The number of carbonyl (C=O) groups excluding carboxylic acids is 5. The van der Waals surface area contributed by atoms with Gasteiger partial charge in [-0.1, -0.05) is 87.5 Å². The SMILES string of the molecule is CC(=O)OC1C2=C(C)C(OC(=O)C(O[Si](C)(C)C)C(NC(=O)c3ccccc3)c3ccccc3)CC(O)(C(OC(=O)c3ccccc3)C3C4(OC(C)=O)COC4CC4[C@@]3(C)C1(O)CS4(=O)=O)C2(C)C. The van der Waals surface area contributed by atoms with Gasteiger partial charge in [0.15, 0.2) is 36.0 Å². The van der Waals surface area contributed by atoms with E-state index in [4.69, 9.17) is 28.1 Å². The van der Waals surface area contributed by atoms with Crippen LogP contribution >= 0.6 is 0 Å². The predicted octanol–water partition coefficient (Wildman–Crippen LogP) is 5.19. The third-order valence-corrected chi connectivity index (χ3v) is 18.7. The summed E-state index contributed by atoms with van der Waals surface area (Å²) in [4.78, 5) is 70.5. The molecule has 2 saturated carbocycles. The summed E-state index contributed by atoms with van der Waals surface area (Å²) >= 11 is 0. The number of benzene rings is 3. The second-order valence-corrected chi connectivity index (χ2v) is 27.5. The first-order chi connectivity index (χ1) is 32.2. The molecular weight excluding hydrogens is 927 g/mol. The first-order valence-corrected chi connectivity index (χ1v) is 28.3. The average molecular weight is 988 g/mol. The van der Waals surface area contributed by atoms with Crippen molar-refractivity contribution in [3.05, 3.63) is 119 Å². The minimum atomic E-state index is -4.37. The fourth-order valence-corrected chi connectivity index (χ4v) is 16.0. The van der Waals surface area contributed by atoms with E-state index < -0.39 is 135 Å². The lowest BCUT2D eigenvalue weighted by atomic mass is 9.42. The second-order valence-electron chi connectivity index (χ2n) is 20.9. The summed E-state index contributed by atoms with van der Waals surface area (Å²) in [6.45, 7) is 13.8. The summed E-state index contributed by atoms with van der Waals surface area (Å²) in [5.41, 5.74) is -9.39. The number of sulfone groups is 1. The number of rotatable bonds is 12. The Morgan fingerprint density at radius 2 is 1.38 bits per heavy atom. The van der Waals surface area contributed by atoms with Gasteiger partial charge in [0.25, 0.3) is 5.91 Å². The van der Waals surface area contributed by atoms with E-state index in [1.807, 2.05) is 19.6 Å². The van der Waals surface area contributed by atoms with Gasteiger partial charge in [0, 0.05) is 36.7 Å². The topological polar surface area (TPSA) is 227 Å². The standard InChI is InChI=1S/C51H61NO15SSi/c1-29-35(64-46(57)40(67-69(7,8)9)39(32-19-13-10-14-20-32)52-44(55)33-21-15-11-16-22-33)26-50(58)43(65-45(56)34-23-17-12-18-24-34)41-48(6)37(25-36-49(41,27-62-36)66-31(3)54)68(60,61)28-51(48,59)42(63-30(2)53)38(29)47(50,4)5/h10-24,35-37,39-43,58-59H,25-28H2,1-9H3,(H,52,55)/t35?,36?,37?,39?,40?,41?,42?,43?,48-,49?,50?,51?/m1/s1. The highest BCUT2D eigenvalue weighted by atomic mass is 32.2. The summed E-state index contributed by atoms with van der Waals surface area (Å²) in [7, 11) is -7.09. The first kappa shape index (κ1) is 50.2. The predicted molar refractivity (Wildman–Crippen MR) is 251 cm³/mol. The van der Waals surface area contributed by atoms with Crippen LogP contribution in [-0.4, -0.2) is 122 Å². The smallest absolute Gasteiger partial charge is 0.338 e. The maximum Gasteiger partial charge on any atom is 0.338 e. The number of fused-ring (bicyclic) bond motifs is 4. The van der Waals surface area contributed by atoms with Crippen LogP contribution in [0.5, 0.6) is 0 Å². The van der Waals surface area contributed by atoms with Gasteiger partial charge >= 0.3 is 23.9 Å². The molecule has 8 rings (SSSR count). The van der Waals surface area contributed by atoms with Crippen LogP contribution in [-0.2, 0) is 52.3 Å². The lowest BCUT2D eigenvalue weighted by molar-refractivity contribution is -0.355. The number of aliphatic hydroxyl groups is 2. The van der Waals surface area contributed by atoms with E-state index in [2.05, 4.69) is 5.32 Å². The Bertz CT molecular complexity index is 2680. The molecule has 16 nitrogen and oxygen atoms in total. The maximum atomic E-state index is 15.3. The first-order valence-electron chi connectivity index (χ1n) is 23.1. The molecule has 69 heavy (non-hydrogen) atoms. The Morgan fingerprint density at radius 1 is 0.797 bits per heavy atom. The zero-order valence-corrected chi connectivity index (χ0v) is 42.0. The monoisotopic (exact) mass is 987 g/mol. The van der Waals surface area contributed by atoms with Crippen LogP contribution in [0, 0.1) is 16.7 Å². The molecule has 2 aliphatic heterocycles. The minimum absolute atomic E-state index is 0.0243.